The van der Waals surface area contributed by atoms with Gasteiger partial charge in [0.15, 0.2) is 0 Å². The van der Waals surface area contributed by atoms with Gasteiger partial charge >= 0.3 is 5.97 Å². The van der Waals surface area contributed by atoms with Gasteiger partial charge in [0.25, 0.3) is 0 Å². The normalized spacial score (nSPS) is 10.9. The second kappa shape index (κ2) is 5.82. The van der Waals surface area contributed by atoms with Crippen LogP contribution >= 0.6 is 23.1 Å². The van der Waals surface area contributed by atoms with Crippen LogP contribution in [-0.4, -0.2) is 21.8 Å². The Labute approximate surface area is 90.9 Å². The van der Waals surface area contributed by atoms with Crippen molar-refractivity contribution in [1.82, 2.24) is 4.98 Å². The van der Waals surface area contributed by atoms with E-state index in [1.54, 1.807) is 24.0 Å². The lowest BCUT2D eigenvalue weighted by molar-refractivity contribution is -0.131. The Bertz CT molecular complexity index is 333. The van der Waals surface area contributed by atoms with E-state index in [4.69, 9.17) is 5.11 Å². The van der Waals surface area contributed by atoms with E-state index in [2.05, 4.69) is 11.9 Å². The van der Waals surface area contributed by atoms with Crippen LogP contribution in [0.15, 0.2) is 12.3 Å². The highest BCUT2D eigenvalue weighted by Gasteiger charge is 1.99. The summed E-state index contributed by atoms with van der Waals surface area (Å²) < 4.78 is 0. The van der Waals surface area contributed by atoms with Crippen LogP contribution in [0.25, 0.3) is 6.08 Å². The third kappa shape index (κ3) is 3.93. The average molecular weight is 229 g/mol. The number of nitrogens with zero attached hydrogens (tertiary/aromatic N) is 1. The monoisotopic (exact) mass is 229 g/mol. The highest BCUT2D eigenvalue weighted by atomic mass is 32.2. The van der Waals surface area contributed by atoms with Crippen molar-refractivity contribution in [2.45, 2.75) is 12.7 Å². The van der Waals surface area contributed by atoms with Gasteiger partial charge in [0, 0.05) is 22.9 Å². The Morgan fingerprint density at radius 1 is 1.79 bits per heavy atom. The lowest BCUT2D eigenvalue weighted by Crippen LogP contribution is -1.84. The van der Waals surface area contributed by atoms with Crippen LogP contribution in [-0.2, 0) is 10.5 Å². The molecule has 0 fully saturated rings. The summed E-state index contributed by atoms with van der Waals surface area (Å²) in [5.74, 6) is 1.05. The standard InChI is InChI=1S/C9H11NO2S2/c1-2-13-6-8-10-5-7(14-8)3-4-9(11)12/h3-5H,2,6H2,1H3,(H,11,12)/b4-3+. The molecule has 0 bridgehead atoms. The minimum absolute atomic E-state index is 0.888. The number of aromatic nitrogens is 1. The molecule has 1 aromatic heterocycles. The molecule has 14 heavy (non-hydrogen) atoms. The van der Waals surface area contributed by atoms with Crippen LogP contribution in [0.1, 0.15) is 16.8 Å². The molecule has 0 amide bonds. The van der Waals surface area contributed by atoms with Gasteiger partial charge in [-0.1, -0.05) is 6.92 Å². The van der Waals surface area contributed by atoms with Gasteiger partial charge in [0.1, 0.15) is 5.01 Å². The van der Waals surface area contributed by atoms with Crippen molar-refractivity contribution in [1.29, 1.82) is 0 Å². The van der Waals surface area contributed by atoms with Crippen molar-refractivity contribution >= 4 is 35.1 Å². The van der Waals surface area contributed by atoms with E-state index in [0.717, 1.165) is 27.5 Å². The summed E-state index contributed by atoms with van der Waals surface area (Å²) >= 11 is 3.34. The van der Waals surface area contributed by atoms with Crippen LogP contribution in [0.4, 0.5) is 0 Å². The number of rotatable bonds is 5. The second-order valence-corrected chi connectivity index (χ2v) is 4.89. The first-order valence-corrected chi connectivity index (χ1v) is 6.13. The first-order valence-electron chi connectivity index (χ1n) is 4.16. The molecule has 0 unspecified atom stereocenters. The van der Waals surface area contributed by atoms with Gasteiger partial charge in [-0.3, -0.25) is 0 Å². The van der Waals surface area contributed by atoms with Crippen LogP contribution in [0, 0.1) is 0 Å². The Morgan fingerprint density at radius 2 is 2.57 bits per heavy atom. The van der Waals surface area contributed by atoms with Gasteiger partial charge in [-0.15, -0.1) is 11.3 Å². The fraction of sp³-hybridized carbons (Fsp3) is 0.333. The topological polar surface area (TPSA) is 50.2 Å². The molecule has 0 spiro atoms. The Hall–Kier alpha value is -0.810. The summed E-state index contributed by atoms with van der Waals surface area (Å²) in [6.45, 7) is 2.10. The zero-order chi connectivity index (χ0) is 10.4. The zero-order valence-corrected chi connectivity index (χ0v) is 9.40. The number of carboxylic acid groups (broad SMARTS) is 1. The van der Waals surface area contributed by atoms with Crippen molar-refractivity contribution in [2.24, 2.45) is 0 Å². The molecule has 0 aliphatic rings. The third-order valence-electron chi connectivity index (χ3n) is 1.39. The van der Waals surface area contributed by atoms with Crippen LogP contribution in [0.5, 0.6) is 0 Å². The number of aliphatic carboxylic acids is 1. The Morgan fingerprint density at radius 3 is 3.21 bits per heavy atom. The van der Waals surface area contributed by atoms with E-state index < -0.39 is 5.97 Å². The van der Waals surface area contributed by atoms with E-state index in [1.165, 1.54) is 11.3 Å². The predicted octanol–water partition coefficient (Wildman–Crippen LogP) is 2.49. The number of hydrogen-bond donors (Lipinski definition) is 1. The molecule has 0 aliphatic carbocycles. The largest absolute Gasteiger partial charge is 0.478 e. The summed E-state index contributed by atoms with van der Waals surface area (Å²) in [6.07, 6.45) is 4.40. The van der Waals surface area contributed by atoms with Gasteiger partial charge in [-0.2, -0.15) is 11.8 Å². The molecular weight excluding hydrogens is 218 g/mol. The SMILES string of the molecule is CCSCc1ncc(/C=C/C(=O)O)s1. The Kier molecular flexibility index (Phi) is 4.69. The molecule has 1 heterocycles. The smallest absolute Gasteiger partial charge is 0.328 e. The Balaban J connectivity index is 2.54. The summed E-state index contributed by atoms with van der Waals surface area (Å²) in [5, 5.41) is 9.46. The van der Waals surface area contributed by atoms with Gasteiger partial charge in [-0.05, 0) is 11.8 Å². The zero-order valence-electron chi connectivity index (χ0n) is 7.77. The third-order valence-corrected chi connectivity index (χ3v) is 3.42. The van der Waals surface area contributed by atoms with Gasteiger partial charge < -0.3 is 5.11 Å². The molecule has 0 saturated carbocycles. The maximum Gasteiger partial charge on any atom is 0.328 e. The lowest BCUT2D eigenvalue weighted by atomic mass is 10.4. The fourth-order valence-corrected chi connectivity index (χ4v) is 2.37. The maximum atomic E-state index is 10.2. The molecule has 0 aliphatic heterocycles. The number of carbonyl (C=O) groups is 1. The average Bonchev–Trinajstić information content (AvgIpc) is 2.59. The van der Waals surface area contributed by atoms with Crippen LogP contribution < -0.4 is 0 Å². The first-order chi connectivity index (χ1) is 6.72. The molecule has 1 N–H and O–H groups in total. The van der Waals surface area contributed by atoms with Crippen molar-refractivity contribution in [3.63, 3.8) is 0 Å². The molecule has 0 atom stereocenters. The van der Waals surface area contributed by atoms with E-state index in [1.807, 2.05) is 0 Å². The predicted molar refractivity (Wildman–Crippen MR) is 60.6 cm³/mol. The number of hydrogen-bond acceptors (Lipinski definition) is 4. The molecule has 3 nitrogen and oxygen atoms in total. The van der Waals surface area contributed by atoms with Crippen molar-refractivity contribution in [3.8, 4) is 0 Å². The number of thioether (sulfide) groups is 1. The summed E-state index contributed by atoms with van der Waals surface area (Å²) in [5.41, 5.74) is 0. The quantitative estimate of drug-likeness (QED) is 0.788. The van der Waals surface area contributed by atoms with Crippen molar-refractivity contribution < 1.29 is 9.90 Å². The number of thiazole rings is 1. The molecule has 5 heteroatoms. The van der Waals surface area contributed by atoms with E-state index in [9.17, 15) is 4.79 Å². The van der Waals surface area contributed by atoms with Crippen LogP contribution in [0.3, 0.4) is 0 Å². The minimum atomic E-state index is -0.928. The van der Waals surface area contributed by atoms with E-state index >= 15 is 0 Å². The molecule has 76 valence electrons. The highest BCUT2D eigenvalue weighted by molar-refractivity contribution is 7.98. The number of carboxylic acids is 1. The highest BCUT2D eigenvalue weighted by Crippen LogP contribution is 2.19. The van der Waals surface area contributed by atoms with Crippen molar-refractivity contribution in [2.75, 3.05) is 5.75 Å². The fourth-order valence-electron chi connectivity index (χ4n) is 0.811. The van der Waals surface area contributed by atoms with E-state index in [0.29, 0.717) is 0 Å². The molecule has 0 aromatic carbocycles. The van der Waals surface area contributed by atoms with Crippen molar-refractivity contribution in [3.05, 3.63) is 22.2 Å². The van der Waals surface area contributed by atoms with Gasteiger partial charge in [0.2, 0.25) is 0 Å². The summed E-state index contributed by atoms with van der Waals surface area (Å²) in [6, 6.07) is 0. The molecule has 0 saturated heterocycles. The summed E-state index contributed by atoms with van der Waals surface area (Å²) in [7, 11) is 0. The molecular formula is C9H11NO2S2. The molecule has 1 rings (SSSR count). The van der Waals surface area contributed by atoms with E-state index in [-0.39, 0.29) is 0 Å². The van der Waals surface area contributed by atoms with Gasteiger partial charge in [0.05, 0.1) is 0 Å². The molecule has 0 radical (unpaired) electrons. The van der Waals surface area contributed by atoms with Gasteiger partial charge in [-0.25, -0.2) is 9.78 Å². The molecule has 1 aromatic rings. The summed E-state index contributed by atoms with van der Waals surface area (Å²) in [4.78, 5) is 15.3. The second-order valence-electron chi connectivity index (χ2n) is 2.47. The van der Waals surface area contributed by atoms with Crippen LogP contribution in [0.2, 0.25) is 0 Å². The lowest BCUT2D eigenvalue weighted by Gasteiger charge is -1.90. The minimum Gasteiger partial charge on any atom is -0.478 e. The first kappa shape index (κ1) is 11.3. The maximum absolute atomic E-state index is 10.2.